The third-order valence-electron chi connectivity index (χ3n) is 4.88. The molecule has 3 aromatic carbocycles. The Balaban J connectivity index is 0.000000461. The predicted molar refractivity (Wildman–Crippen MR) is 118 cm³/mol. The number of aliphatic hydroxyl groups is 2. The first-order chi connectivity index (χ1) is 14.2. The van der Waals surface area contributed by atoms with E-state index >= 15 is 0 Å². The number of furan rings is 1. The molecule has 4 N–H and O–H groups in total. The number of benzene rings is 3. The van der Waals surface area contributed by atoms with Gasteiger partial charge >= 0.3 is 0 Å². The van der Waals surface area contributed by atoms with Gasteiger partial charge in [-0.15, -0.1) is 0 Å². The van der Waals surface area contributed by atoms with Crippen LogP contribution in [0.4, 0.5) is 0 Å². The minimum atomic E-state index is -3.67. The van der Waals surface area contributed by atoms with Crippen LogP contribution in [0.25, 0.3) is 32.5 Å². The number of aliphatic hydroxyl groups excluding tert-OH is 2. The monoisotopic (exact) mass is 431 g/mol. The molecule has 0 aliphatic heterocycles. The van der Waals surface area contributed by atoms with Crippen LogP contribution >= 0.6 is 0 Å². The molecule has 0 saturated carbocycles. The molecule has 30 heavy (non-hydrogen) atoms. The van der Waals surface area contributed by atoms with Crippen LogP contribution in [0.5, 0.6) is 0 Å². The maximum absolute atomic E-state index is 9.74. The Bertz CT molecular complexity index is 1250. The van der Waals surface area contributed by atoms with Crippen molar-refractivity contribution in [1.82, 2.24) is 5.32 Å². The second kappa shape index (κ2) is 9.11. The Morgan fingerprint density at radius 2 is 1.73 bits per heavy atom. The van der Waals surface area contributed by atoms with Gasteiger partial charge in [-0.05, 0) is 46.8 Å². The van der Waals surface area contributed by atoms with Crippen LogP contribution in [0.2, 0.25) is 0 Å². The largest absolute Gasteiger partial charge is 0.464 e. The zero-order valence-electron chi connectivity index (χ0n) is 16.7. The van der Waals surface area contributed by atoms with E-state index in [4.69, 9.17) is 8.97 Å². The summed E-state index contributed by atoms with van der Waals surface area (Å²) in [6.07, 6.45) is 1.81. The summed E-state index contributed by atoms with van der Waals surface area (Å²) in [5, 5.41) is 28.1. The highest BCUT2D eigenvalue weighted by Gasteiger charge is 2.16. The minimum absolute atomic E-state index is 0.108. The molecule has 0 spiro atoms. The Kier molecular flexibility index (Phi) is 6.74. The second-order valence-corrected chi connectivity index (χ2v) is 8.69. The first-order valence-electron chi connectivity index (χ1n) is 9.44. The Morgan fingerprint density at radius 1 is 1.03 bits per heavy atom. The third kappa shape index (κ3) is 5.16. The number of rotatable bonds is 5. The van der Waals surface area contributed by atoms with Gasteiger partial charge in [-0.3, -0.25) is 4.55 Å². The van der Waals surface area contributed by atoms with E-state index in [2.05, 4.69) is 35.6 Å². The lowest BCUT2D eigenvalue weighted by atomic mass is 9.97. The summed E-state index contributed by atoms with van der Waals surface area (Å²) in [5.41, 5.74) is 1.96. The smallest absolute Gasteiger partial charge is 0.261 e. The van der Waals surface area contributed by atoms with E-state index in [0.717, 1.165) is 27.3 Å². The molecule has 2 atom stereocenters. The van der Waals surface area contributed by atoms with E-state index in [0.29, 0.717) is 12.8 Å². The van der Waals surface area contributed by atoms with Crippen molar-refractivity contribution < 1.29 is 27.6 Å². The number of hydrogen-bond donors (Lipinski definition) is 4. The Labute approximate surface area is 174 Å². The average molecular weight is 432 g/mol. The number of fused-ring (bicyclic) bond motifs is 5. The molecule has 0 aliphatic carbocycles. The molecular formula is C22H25NO6S. The highest BCUT2D eigenvalue weighted by molar-refractivity contribution is 7.85. The minimum Gasteiger partial charge on any atom is -0.464 e. The quantitative estimate of drug-likeness (QED) is 0.283. The SMILES string of the molecule is CC(O)C(CO)NCc1cc2c3ccccc3ccc2c2occc12.CS(=O)(=O)O. The van der Waals surface area contributed by atoms with E-state index in [9.17, 15) is 18.6 Å². The van der Waals surface area contributed by atoms with Crippen LogP contribution < -0.4 is 5.32 Å². The lowest BCUT2D eigenvalue weighted by Gasteiger charge is -2.19. The van der Waals surface area contributed by atoms with Gasteiger partial charge in [0.05, 0.1) is 31.3 Å². The molecule has 4 aromatic rings. The fourth-order valence-electron chi connectivity index (χ4n) is 3.45. The van der Waals surface area contributed by atoms with Gasteiger partial charge in [0.2, 0.25) is 0 Å². The summed E-state index contributed by atoms with van der Waals surface area (Å²) >= 11 is 0. The van der Waals surface area contributed by atoms with E-state index in [1.54, 1.807) is 13.2 Å². The predicted octanol–water partition coefficient (Wildman–Crippen LogP) is 3.07. The maximum Gasteiger partial charge on any atom is 0.261 e. The van der Waals surface area contributed by atoms with Gasteiger partial charge in [0.25, 0.3) is 10.1 Å². The molecule has 0 amide bonds. The lowest BCUT2D eigenvalue weighted by Crippen LogP contribution is -2.40. The highest BCUT2D eigenvalue weighted by Crippen LogP contribution is 2.34. The van der Waals surface area contributed by atoms with Gasteiger partial charge in [0.1, 0.15) is 5.58 Å². The zero-order valence-corrected chi connectivity index (χ0v) is 17.6. The molecule has 0 fully saturated rings. The van der Waals surface area contributed by atoms with Gasteiger partial charge in [0.15, 0.2) is 0 Å². The third-order valence-corrected chi connectivity index (χ3v) is 4.88. The van der Waals surface area contributed by atoms with Crippen LogP contribution in [0, 0.1) is 0 Å². The van der Waals surface area contributed by atoms with Crippen LogP contribution in [0.15, 0.2) is 59.2 Å². The van der Waals surface area contributed by atoms with E-state index in [1.165, 1.54) is 10.8 Å². The summed E-state index contributed by atoms with van der Waals surface area (Å²) in [5.74, 6) is 0. The average Bonchev–Trinajstić information content (AvgIpc) is 3.17. The Morgan fingerprint density at radius 3 is 2.40 bits per heavy atom. The summed E-state index contributed by atoms with van der Waals surface area (Å²) in [6.45, 7) is 2.11. The fraction of sp³-hybridized carbons (Fsp3) is 0.273. The molecule has 1 aromatic heterocycles. The van der Waals surface area contributed by atoms with E-state index in [1.807, 2.05) is 18.2 Å². The maximum atomic E-state index is 9.74. The second-order valence-electron chi connectivity index (χ2n) is 7.22. The van der Waals surface area contributed by atoms with Crippen molar-refractivity contribution in [2.45, 2.75) is 25.6 Å². The molecule has 0 aliphatic rings. The van der Waals surface area contributed by atoms with Crippen molar-refractivity contribution in [2.75, 3.05) is 12.9 Å². The van der Waals surface area contributed by atoms with Crippen molar-refractivity contribution in [1.29, 1.82) is 0 Å². The molecule has 1 heterocycles. The van der Waals surface area contributed by atoms with Gasteiger partial charge in [-0.1, -0.05) is 30.3 Å². The topological polar surface area (TPSA) is 120 Å². The van der Waals surface area contributed by atoms with Gasteiger partial charge in [-0.25, -0.2) is 0 Å². The van der Waals surface area contributed by atoms with Crippen LogP contribution in [-0.4, -0.2) is 48.2 Å². The molecule has 0 radical (unpaired) electrons. The van der Waals surface area contributed by atoms with Crippen molar-refractivity contribution in [3.05, 3.63) is 60.4 Å². The van der Waals surface area contributed by atoms with Crippen molar-refractivity contribution in [3.63, 3.8) is 0 Å². The molecule has 0 bridgehead atoms. The first-order valence-corrected chi connectivity index (χ1v) is 11.3. The first kappa shape index (κ1) is 22.2. The number of hydrogen-bond acceptors (Lipinski definition) is 6. The summed E-state index contributed by atoms with van der Waals surface area (Å²) in [6, 6.07) is 16.3. The van der Waals surface area contributed by atoms with Crippen molar-refractivity contribution in [2.24, 2.45) is 0 Å². The van der Waals surface area contributed by atoms with Gasteiger partial charge < -0.3 is 19.9 Å². The van der Waals surface area contributed by atoms with Crippen LogP contribution in [-0.2, 0) is 16.7 Å². The van der Waals surface area contributed by atoms with Crippen LogP contribution in [0.3, 0.4) is 0 Å². The summed E-state index contributed by atoms with van der Waals surface area (Å²) in [4.78, 5) is 0. The summed E-state index contributed by atoms with van der Waals surface area (Å²) < 4.78 is 31.6. The van der Waals surface area contributed by atoms with Crippen molar-refractivity contribution in [3.8, 4) is 0 Å². The fourth-order valence-corrected chi connectivity index (χ4v) is 3.45. The molecular weight excluding hydrogens is 406 g/mol. The Hall–Kier alpha value is -2.49. The van der Waals surface area contributed by atoms with E-state index < -0.39 is 16.2 Å². The molecule has 7 nitrogen and oxygen atoms in total. The molecule has 2 unspecified atom stereocenters. The zero-order chi connectivity index (χ0) is 21.9. The molecule has 4 rings (SSSR count). The molecule has 0 saturated heterocycles. The number of nitrogens with one attached hydrogen (secondary N) is 1. The van der Waals surface area contributed by atoms with Crippen LogP contribution in [0.1, 0.15) is 12.5 Å². The lowest BCUT2D eigenvalue weighted by molar-refractivity contribution is 0.103. The summed E-state index contributed by atoms with van der Waals surface area (Å²) in [7, 11) is -3.67. The van der Waals surface area contributed by atoms with Gasteiger partial charge in [0, 0.05) is 17.3 Å². The molecule has 160 valence electrons. The van der Waals surface area contributed by atoms with Gasteiger partial charge in [-0.2, -0.15) is 8.42 Å². The van der Waals surface area contributed by atoms with Crippen molar-refractivity contribution >= 4 is 42.6 Å². The highest BCUT2D eigenvalue weighted by atomic mass is 32.2. The standard InChI is InChI=1S/C21H21NO3.CH4O3S/c1-13(24)20(12-23)22-11-15-10-19-16-5-3-2-4-14(16)6-7-18(19)21-17(15)8-9-25-21;1-5(2,3)4/h2-10,13,20,22-24H,11-12H2,1H3;1H3,(H,2,3,4). The normalized spacial score (nSPS) is 13.9. The molecule has 8 heteroatoms. The van der Waals surface area contributed by atoms with E-state index in [-0.39, 0.29) is 12.6 Å².